The number of pyridine rings is 1. The zero-order valence-corrected chi connectivity index (χ0v) is 9.61. The predicted octanol–water partition coefficient (Wildman–Crippen LogP) is 3.09. The molecule has 0 fully saturated rings. The molecule has 0 saturated heterocycles. The van der Waals surface area contributed by atoms with Gasteiger partial charge in [-0.1, -0.05) is 0 Å². The number of benzene rings is 1. The van der Waals surface area contributed by atoms with Gasteiger partial charge in [-0.3, -0.25) is 4.98 Å². The number of halogens is 2. The lowest BCUT2D eigenvalue weighted by molar-refractivity contribution is 0.585. The standard InChI is InChI=1S/C13H12F2N2/c1-17(2)12-4-3-7-16-13(12)10-6-5-9(14)8-11(10)15/h3-8H,1-2H3. The Balaban J connectivity index is 2.60. The number of hydrogen-bond donors (Lipinski definition) is 0. The molecule has 0 unspecified atom stereocenters. The Morgan fingerprint density at radius 2 is 1.88 bits per heavy atom. The van der Waals surface area contributed by atoms with E-state index in [1.165, 1.54) is 12.1 Å². The van der Waals surface area contributed by atoms with Crippen molar-refractivity contribution in [3.8, 4) is 11.3 Å². The van der Waals surface area contributed by atoms with E-state index in [2.05, 4.69) is 4.98 Å². The Morgan fingerprint density at radius 3 is 2.53 bits per heavy atom. The normalized spacial score (nSPS) is 10.4. The van der Waals surface area contributed by atoms with Crippen LogP contribution < -0.4 is 4.90 Å². The Labute approximate surface area is 98.5 Å². The van der Waals surface area contributed by atoms with Crippen LogP contribution in [0.25, 0.3) is 11.3 Å². The fourth-order valence-electron chi connectivity index (χ4n) is 1.65. The van der Waals surface area contributed by atoms with E-state index in [1.807, 2.05) is 25.1 Å². The Morgan fingerprint density at radius 1 is 1.12 bits per heavy atom. The van der Waals surface area contributed by atoms with Gasteiger partial charge in [0.15, 0.2) is 0 Å². The molecule has 2 rings (SSSR count). The van der Waals surface area contributed by atoms with Crippen LogP contribution >= 0.6 is 0 Å². The first-order chi connectivity index (χ1) is 8.09. The van der Waals surface area contributed by atoms with E-state index in [-0.39, 0.29) is 0 Å². The summed E-state index contributed by atoms with van der Waals surface area (Å²) >= 11 is 0. The van der Waals surface area contributed by atoms with Crippen molar-refractivity contribution >= 4 is 5.69 Å². The van der Waals surface area contributed by atoms with Gasteiger partial charge in [0, 0.05) is 31.9 Å². The second-order valence-electron chi connectivity index (χ2n) is 3.89. The van der Waals surface area contributed by atoms with Gasteiger partial charge in [-0.2, -0.15) is 0 Å². The van der Waals surface area contributed by atoms with Crippen LogP contribution in [0.1, 0.15) is 0 Å². The third-order valence-electron chi connectivity index (χ3n) is 2.45. The molecule has 0 saturated carbocycles. The van der Waals surface area contributed by atoms with Crippen LogP contribution in [0.3, 0.4) is 0 Å². The van der Waals surface area contributed by atoms with Crippen LogP contribution in [0.15, 0.2) is 36.5 Å². The lowest BCUT2D eigenvalue weighted by Gasteiger charge is -2.16. The molecule has 88 valence electrons. The molecular weight excluding hydrogens is 222 g/mol. The first-order valence-corrected chi connectivity index (χ1v) is 5.17. The van der Waals surface area contributed by atoms with Crippen LogP contribution in [0.2, 0.25) is 0 Å². The van der Waals surface area contributed by atoms with Crippen LogP contribution in [0.5, 0.6) is 0 Å². The number of aromatic nitrogens is 1. The maximum atomic E-state index is 13.7. The average molecular weight is 234 g/mol. The Kier molecular flexibility index (Phi) is 3.04. The largest absolute Gasteiger partial charge is 0.376 e. The van der Waals surface area contributed by atoms with Gasteiger partial charge in [-0.05, 0) is 24.3 Å². The quantitative estimate of drug-likeness (QED) is 0.793. The highest BCUT2D eigenvalue weighted by Gasteiger charge is 2.12. The van der Waals surface area contributed by atoms with E-state index < -0.39 is 11.6 Å². The fraction of sp³-hybridized carbons (Fsp3) is 0.154. The van der Waals surface area contributed by atoms with Crippen molar-refractivity contribution in [1.29, 1.82) is 0 Å². The molecule has 1 aromatic carbocycles. The van der Waals surface area contributed by atoms with Gasteiger partial charge < -0.3 is 4.90 Å². The topological polar surface area (TPSA) is 16.1 Å². The summed E-state index contributed by atoms with van der Waals surface area (Å²) in [5, 5.41) is 0. The molecule has 0 bridgehead atoms. The number of hydrogen-bond acceptors (Lipinski definition) is 2. The van der Waals surface area contributed by atoms with Crippen molar-refractivity contribution in [2.45, 2.75) is 0 Å². The number of rotatable bonds is 2. The van der Waals surface area contributed by atoms with Gasteiger partial charge in [-0.25, -0.2) is 8.78 Å². The molecule has 0 atom stereocenters. The molecule has 4 heteroatoms. The minimum Gasteiger partial charge on any atom is -0.376 e. The van der Waals surface area contributed by atoms with E-state index in [4.69, 9.17) is 0 Å². The molecule has 1 heterocycles. The highest BCUT2D eigenvalue weighted by Crippen LogP contribution is 2.29. The maximum Gasteiger partial charge on any atom is 0.135 e. The molecule has 0 radical (unpaired) electrons. The summed E-state index contributed by atoms with van der Waals surface area (Å²) in [6.45, 7) is 0. The van der Waals surface area contributed by atoms with E-state index in [9.17, 15) is 8.78 Å². The smallest absolute Gasteiger partial charge is 0.135 e. The van der Waals surface area contributed by atoms with E-state index in [1.54, 1.807) is 12.3 Å². The van der Waals surface area contributed by atoms with Crippen LogP contribution in [-0.2, 0) is 0 Å². The SMILES string of the molecule is CN(C)c1cccnc1-c1ccc(F)cc1F. The van der Waals surface area contributed by atoms with Crippen LogP contribution in [-0.4, -0.2) is 19.1 Å². The maximum absolute atomic E-state index is 13.7. The van der Waals surface area contributed by atoms with Gasteiger partial charge in [0.1, 0.15) is 11.6 Å². The molecule has 2 aromatic rings. The molecule has 2 nitrogen and oxygen atoms in total. The summed E-state index contributed by atoms with van der Waals surface area (Å²) in [5.74, 6) is -1.19. The second kappa shape index (κ2) is 4.49. The van der Waals surface area contributed by atoms with Crippen molar-refractivity contribution in [2.24, 2.45) is 0 Å². The molecule has 0 N–H and O–H groups in total. The van der Waals surface area contributed by atoms with Crippen molar-refractivity contribution in [3.05, 3.63) is 48.2 Å². The van der Waals surface area contributed by atoms with E-state index in [0.29, 0.717) is 11.3 Å². The van der Waals surface area contributed by atoms with Gasteiger partial charge in [0.25, 0.3) is 0 Å². The minimum atomic E-state index is -0.605. The lowest BCUT2D eigenvalue weighted by Crippen LogP contribution is -2.10. The highest BCUT2D eigenvalue weighted by atomic mass is 19.1. The van der Waals surface area contributed by atoms with Crippen molar-refractivity contribution < 1.29 is 8.78 Å². The minimum absolute atomic E-state index is 0.302. The lowest BCUT2D eigenvalue weighted by atomic mass is 10.1. The third-order valence-corrected chi connectivity index (χ3v) is 2.45. The number of anilines is 1. The summed E-state index contributed by atoms with van der Waals surface area (Å²) in [4.78, 5) is 5.99. The molecule has 0 amide bonds. The van der Waals surface area contributed by atoms with Crippen molar-refractivity contribution in [2.75, 3.05) is 19.0 Å². The molecule has 0 spiro atoms. The molecule has 0 aliphatic heterocycles. The van der Waals surface area contributed by atoms with E-state index in [0.717, 1.165) is 11.8 Å². The summed E-state index contributed by atoms with van der Waals surface area (Å²) in [7, 11) is 3.70. The summed E-state index contributed by atoms with van der Waals surface area (Å²) in [6, 6.07) is 7.11. The number of nitrogens with zero attached hydrogens (tertiary/aromatic N) is 2. The first kappa shape index (κ1) is 11.5. The zero-order valence-electron chi connectivity index (χ0n) is 9.61. The summed E-state index contributed by atoms with van der Waals surface area (Å²) in [6.07, 6.45) is 1.59. The van der Waals surface area contributed by atoms with Crippen LogP contribution in [0.4, 0.5) is 14.5 Å². The molecule has 0 aliphatic carbocycles. The average Bonchev–Trinajstić information content (AvgIpc) is 2.29. The fourth-order valence-corrected chi connectivity index (χ4v) is 1.65. The predicted molar refractivity (Wildman–Crippen MR) is 63.9 cm³/mol. The Bertz CT molecular complexity index is 539. The van der Waals surface area contributed by atoms with Gasteiger partial charge in [0.05, 0.1) is 11.4 Å². The summed E-state index contributed by atoms with van der Waals surface area (Å²) in [5.41, 5.74) is 1.60. The Hall–Kier alpha value is -1.97. The van der Waals surface area contributed by atoms with Crippen LogP contribution in [0, 0.1) is 11.6 Å². The second-order valence-corrected chi connectivity index (χ2v) is 3.89. The van der Waals surface area contributed by atoms with Gasteiger partial charge >= 0.3 is 0 Å². The van der Waals surface area contributed by atoms with Gasteiger partial charge in [-0.15, -0.1) is 0 Å². The highest BCUT2D eigenvalue weighted by molar-refractivity contribution is 5.74. The first-order valence-electron chi connectivity index (χ1n) is 5.17. The third kappa shape index (κ3) is 2.25. The van der Waals surface area contributed by atoms with Crippen molar-refractivity contribution in [3.63, 3.8) is 0 Å². The van der Waals surface area contributed by atoms with Crippen molar-refractivity contribution in [1.82, 2.24) is 4.98 Å². The van der Waals surface area contributed by atoms with E-state index >= 15 is 0 Å². The molecular formula is C13H12F2N2. The summed E-state index contributed by atoms with van der Waals surface area (Å²) < 4.78 is 26.5. The molecule has 17 heavy (non-hydrogen) atoms. The zero-order chi connectivity index (χ0) is 12.4. The van der Waals surface area contributed by atoms with Gasteiger partial charge in [0.2, 0.25) is 0 Å². The monoisotopic (exact) mass is 234 g/mol. The molecule has 1 aromatic heterocycles. The molecule has 0 aliphatic rings.